The molecule has 18 heavy (non-hydrogen) atoms. The largest absolute Gasteiger partial charge is 0.316 e. The molecule has 2 N–H and O–H groups in total. The number of sulfonamides is 1. The van der Waals surface area contributed by atoms with Crippen LogP contribution in [0.4, 0.5) is 4.39 Å². The summed E-state index contributed by atoms with van der Waals surface area (Å²) in [5.74, 6) is -0.737. The highest BCUT2D eigenvalue weighted by atomic mass is 32.2. The molecular formula is C12H19FN2O2S. The van der Waals surface area contributed by atoms with E-state index in [1.165, 1.54) is 12.1 Å². The lowest BCUT2D eigenvalue weighted by atomic mass is 10.1. The van der Waals surface area contributed by atoms with Gasteiger partial charge in [-0.3, -0.25) is 0 Å². The number of hydrogen-bond donors (Lipinski definition) is 2. The van der Waals surface area contributed by atoms with E-state index in [2.05, 4.69) is 10.0 Å². The van der Waals surface area contributed by atoms with Crippen molar-refractivity contribution < 1.29 is 12.8 Å². The molecule has 1 aromatic rings. The van der Waals surface area contributed by atoms with Gasteiger partial charge in [-0.15, -0.1) is 0 Å². The first kappa shape index (κ1) is 15.1. The van der Waals surface area contributed by atoms with E-state index in [1.54, 1.807) is 33.9 Å². The van der Waals surface area contributed by atoms with Gasteiger partial charge in [-0.05, 0) is 45.5 Å². The molecule has 0 saturated carbocycles. The third-order valence-electron chi connectivity index (χ3n) is 2.11. The number of nitrogens with one attached hydrogen (secondary N) is 2. The van der Waals surface area contributed by atoms with Gasteiger partial charge in [0.15, 0.2) is 0 Å². The standard InChI is InChI=1S/C12H19FN2O2S/c1-12(2,3)15-18(16,17)11-6-5-9(8-14-4)7-10(11)13/h5-7,14-15H,8H2,1-4H3. The summed E-state index contributed by atoms with van der Waals surface area (Å²) in [6.07, 6.45) is 0. The Labute approximate surface area is 108 Å². The molecule has 0 atom stereocenters. The molecule has 0 radical (unpaired) electrons. The molecule has 0 aliphatic heterocycles. The van der Waals surface area contributed by atoms with Gasteiger partial charge in [0.25, 0.3) is 0 Å². The summed E-state index contributed by atoms with van der Waals surface area (Å²) >= 11 is 0. The average Bonchev–Trinajstić information content (AvgIpc) is 2.13. The molecule has 0 aliphatic carbocycles. The smallest absolute Gasteiger partial charge is 0.243 e. The fourth-order valence-corrected chi connectivity index (χ4v) is 3.01. The molecule has 0 aliphatic rings. The van der Waals surface area contributed by atoms with Crippen LogP contribution in [0, 0.1) is 5.82 Å². The molecule has 1 aromatic carbocycles. The lowest BCUT2D eigenvalue weighted by Crippen LogP contribution is -2.40. The van der Waals surface area contributed by atoms with Crippen molar-refractivity contribution in [2.45, 2.75) is 37.8 Å². The van der Waals surface area contributed by atoms with Crippen molar-refractivity contribution in [1.82, 2.24) is 10.0 Å². The Hall–Kier alpha value is -0.980. The van der Waals surface area contributed by atoms with Crippen LogP contribution in [0.5, 0.6) is 0 Å². The van der Waals surface area contributed by atoms with E-state index in [-0.39, 0.29) is 4.90 Å². The first-order valence-corrected chi connectivity index (χ1v) is 7.11. The van der Waals surface area contributed by atoms with Crippen molar-refractivity contribution in [3.63, 3.8) is 0 Å². The first-order chi connectivity index (χ1) is 8.15. The van der Waals surface area contributed by atoms with Gasteiger partial charge in [0, 0.05) is 12.1 Å². The second-order valence-corrected chi connectivity index (χ2v) is 6.80. The molecule has 0 heterocycles. The van der Waals surface area contributed by atoms with Crippen LogP contribution in [0.1, 0.15) is 26.3 Å². The zero-order valence-electron chi connectivity index (χ0n) is 11.0. The van der Waals surface area contributed by atoms with E-state index in [0.717, 1.165) is 0 Å². The highest BCUT2D eigenvalue weighted by molar-refractivity contribution is 7.89. The van der Waals surface area contributed by atoms with Crippen molar-refractivity contribution in [2.24, 2.45) is 0 Å². The van der Waals surface area contributed by atoms with Gasteiger partial charge in [0.1, 0.15) is 10.7 Å². The van der Waals surface area contributed by atoms with Gasteiger partial charge < -0.3 is 5.32 Å². The molecule has 0 saturated heterocycles. The van der Waals surface area contributed by atoms with E-state index in [9.17, 15) is 12.8 Å². The molecule has 0 amide bonds. The van der Waals surface area contributed by atoms with Crippen LogP contribution in [0.25, 0.3) is 0 Å². The van der Waals surface area contributed by atoms with E-state index in [1.807, 2.05) is 0 Å². The average molecular weight is 274 g/mol. The fraction of sp³-hybridized carbons (Fsp3) is 0.500. The molecule has 0 bridgehead atoms. The van der Waals surface area contributed by atoms with Crippen molar-refractivity contribution in [2.75, 3.05) is 7.05 Å². The number of rotatable bonds is 4. The van der Waals surface area contributed by atoms with E-state index < -0.39 is 21.4 Å². The Morgan fingerprint density at radius 2 is 1.89 bits per heavy atom. The summed E-state index contributed by atoms with van der Waals surface area (Å²) in [6, 6.07) is 4.11. The Balaban J connectivity index is 3.10. The van der Waals surface area contributed by atoms with Crippen LogP contribution >= 0.6 is 0 Å². The monoisotopic (exact) mass is 274 g/mol. The summed E-state index contributed by atoms with van der Waals surface area (Å²) < 4.78 is 40.2. The van der Waals surface area contributed by atoms with Crippen LogP contribution in [-0.4, -0.2) is 21.0 Å². The van der Waals surface area contributed by atoms with Crippen molar-refractivity contribution in [1.29, 1.82) is 0 Å². The summed E-state index contributed by atoms with van der Waals surface area (Å²) in [5.41, 5.74) is 0.0549. The molecule has 6 heteroatoms. The predicted molar refractivity (Wildman–Crippen MR) is 69.2 cm³/mol. The van der Waals surface area contributed by atoms with Gasteiger partial charge in [0.2, 0.25) is 10.0 Å². The number of halogens is 1. The number of benzene rings is 1. The minimum Gasteiger partial charge on any atom is -0.316 e. The van der Waals surface area contributed by atoms with Crippen molar-refractivity contribution in [3.8, 4) is 0 Å². The second kappa shape index (κ2) is 5.34. The van der Waals surface area contributed by atoms with Gasteiger partial charge >= 0.3 is 0 Å². The molecule has 0 aromatic heterocycles. The normalized spacial score (nSPS) is 12.7. The Bertz CT molecular complexity index is 521. The SMILES string of the molecule is CNCc1ccc(S(=O)(=O)NC(C)(C)C)c(F)c1. The van der Waals surface area contributed by atoms with Crippen molar-refractivity contribution >= 4 is 10.0 Å². The third kappa shape index (κ3) is 4.04. The summed E-state index contributed by atoms with van der Waals surface area (Å²) in [4.78, 5) is -0.322. The highest BCUT2D eigenvalue weighted by Gasteiger charge is 2.24. The first-order valence-electron chi connectivity index (χ1n) is 5.63. The summed E-state index contributed by atoms with van der Waals surface area (Å²) in [7, 11) is -2.09. The lowest BCUT2D eigenvalue weighted by Gasteiger charge is -2.20. The molecule has 1 rings (SSSR count). The topological polar surface area (TPSA) is 58.2 Å². The fourth-order valence-electron chi connectivity index (χ4n) is 1.53. The second-order valence-electron chi connectivity index (χ2n) is 5.15. The predicted octanol–water partition coefficient (Wildman–Crippen LogP) is 1.62. The van der Waals surface area contributed by atoms with Gasteiger partial charge in [0.05, 0.1) is 0 Å². The molecule has 102 valence electrons. The summed E-state index contributed by atoms with van der Waals surface area (Å²) in [5, 5.41) is 2.88. The zero-order chi connectivity index (χ0) is 14.0. The van der Waals surface area contributed by atoms with Crippen LogP contribution in [0.3, 0.4) is 0 Å². The molecule has 0 spiro atoms. The maximum absolute atomic E-state index is 13.8. The van der Waals surface area contributed by atoms with E-state index in [0.29, 0.717) is 12.1 Å². The van der Waals surface area contributed by atoms with E-state index >= 15 is 0 Å². The third-order valence-corrected chi connectivity index (χ3v) is 3.90. The zero-order valence-corrected chi connectivity index (χ0v) is 11.9. The van der Waals surface area contributed by atoms with Gasteiger partial charge in [-0.1, -0.05) is 6.07 Å². The Kier molecular flexibility index (Phi) is 4.47. The van der Waals surface area contributed by atoms with Crippen LogP contribution in [-0.2, 0) is 16.6 Å². The Morgan fingerprint density at radius 1 is 1.28 bits per heavy atom. The lowest BCUT2D eigenvalue weighted by molar-refractivity contribution is 0.486. The maximum Gasteiger partial charge on any atom is 0.243 e. The highest BCUT2D eigenvalue weighted by Crippen LogP contribution is 2.18. The Morgan fingerprint density at radius 3 is 2.33 bits per heavy atom. The molecular weight excluding hydrogens is 255 g/mol. The van der Waals surface area contributed by atoms with Crippen LogP contribution < -0.4 is 10.0 Å². The maximum atomic E-state index is 13.8. The quantitative estimate of drug-likeness (QED) is 0.877. The summed E-state index contributed by atoms with van der Waals surface area (Å²) in [6.45, 7) is 5.61. The van der Waals surface area contributed by atoms with Gasteiger partial charge in [-0.2, -0.15) is 0 Å². The molecule has 0 fully saturated rings. The molecule has 0 unspecified atom stereocenters. The minimum absolute atomic E-state index is 0.322. The van der Waals surface area contributed by atoms with E-state index in [4.69, 9.17) is 0 Å². The molecule has 4 nitrogen and oxygen atoms in total. The minimum atomic E-state index is -3.83. The van der Waals surface area contributed by atoms with Gasteiger partial charge in [-0.25, -0.2) is 17.5 Å². The van der Waals surface area contributed by atoms with Crippen LogP contribution in [0.2, 0.25) is 0 Å². The van der Waals surface area contributed by atoms with Crippen LogP contribution in [0.15, 0.2) is 23.1 Å². The number of hydrogen-bond acceptors (Lipinski definition) is 3. The van der Waals surface area contributed by atoms with Crippen molar-refractivity contribution in [3.05, 3.63) is 29.6 Å².